The molecule has 1 aliphatic heterocycles. The maximum atomic E-state index is 4.36. The molecule has 0 saturated carbocycles. The van der Waals surface area contributed by atoms with E-state index in [1.165, 1.54) is 49.4 Å². The molecular formula is C15H28N4. The van der Waals surface area contributed by atoms with Crippen LogP contribution >= 0.6 is 0 Å². The van der Waals surface area contributed by atoms with Crippen LogP contribution in [0.15, 0.2) is 0 Å². The smallest absolute Gasteiger partial charge is 0.0641 e. The quantitative estimate of drug-likeness (QED) is 0.857. The van der Waals surface area contributed by atoms with E-state index in [9.17, 15) is 0 Å². The zero-order chi connectivity index (χ0) is 13.8. The number of aromatic nitrogens is 2. The number of aryl methyl sites for hydroxylation is 2. The topological polar surface area (TPSA) is 35.2 Å². The second kappa shape index (κ2) is 6.53. The lowest BCUT2D eigenvalue weighted by atomic mass is 10.0. The third kappa shape index (κ3) is 3.18. The summed E-state index contributed by atoms with van der Waals surface area (Å²) in [5.41, 5.74) is 3.87. The van der Waals surface area contributed by atoms with Gasteiger partial charge in [-0.25, -0.2) is 0 Å². The van der Waals surface area contributed by atoms with Gasteiger partial charge in [-0.1, -0.05) is 13.8 Å². The molecule has 1 saturated heterocycles. The normalized spacial score (nSPS) is 20.6. The average Bonchev–Trinajstić information content (AvgIpc) is 2.98. The van der Waals surface area contributed by atoms with Crippen molar-refractivity contribution in [2.75, 3.05) is 32.7 Å². The Balaban J connectivity index is 2.01. The van der Waals surface area contributed by atoms with Gasteiger partial charge in [0.1, 0.15) is 0 Å². The van der Waals surface area contributed by atoms with Gasteiger partial charge in [0.25, 0.3) is 0 Å². The number of aromatic amines is 1. The Morgan fingerprint density at radius 2 is 2.05 bits per heavy atom. The first kappa shape index (κ1) is 14.5. The van der Waals surface area contributed by atoms with E-state index in [1.54, 1.807) is 0 Å². The first-order chi connectivity index (χ1) is 9.17. The van der Waals surface area contributed by atoms with Gasteiger partial charge < -0.3 is 4.90 Å². The van der Waals surface area contributed by atoms with Crippen molar-refractivity contribution in [3.63, 3.8) is 0 Å². The van der Waals surface area contributed by atoms with E-state index in [4.69, 9.17) is 0 Å². The van der Waals surface area contributed by atoms with Gasteiger partial charge in [0.15, 0.2) is 0 Å². The summed E-state index contributed by atoms with van der Waals surface area (Å²) in [6, 6.07) is 0.578. The summed E-state index contributed by atoms with van der Waals surface area (Å²) in [6.07, 6.45) is 2.59. The number of rotatable bonds is 6. The van der Waals surface area contributed by atoms with E-state index in [0.717, 1.165) is 13.1 Å². The third-order valence-corrected chi connectivity index (χ3v) is 4.48. The number of nitrogens with zero attached hydrogens (tertiary/aromatic N) is 3. The molecule has 4 nitrogen and oxygen atoms in total. The molecule has 2 rings (SSSR count). The van der Waals surface area contributed by atoms with Crippen molar-refractivity contribution in [1.82, 2.24) is 20.0 Å². The molecule has 0 amide bonds. The molecule has 0 radical (unpaired) electrons. The SMILES string of the molecule is CCN(CC)CCN1CCC[C@H]1c1c(C)n[nH]c1C. The van der Waals surface area contributed by atoms with E-state index in [1.807, 2.05) is 0 Å². The van der Waals surface area contributed by atoms with Gasteiger partial charge in [0.2, 0.25) is 0 Å². The number of nitrogens with one attached hydrogen (secondary N) is 1. The molecule has 108 valence electrons. The van der Waals surface area contributed by atoms with Crippen LogP contribution in [0.4, 0.5) is 0 Å². The van der Waals surface area contributed by atoms with E-state index >= 15 is 0 Å². The summed E-state index contributed by atoms with van der Waals surface area (Å²) in [6.45, 7) is 14.7. The molecule has 0 aromatic carbocycles. The van der Waals surface area contributed by atoms with Crippen molar-refractivity contribution >= 4 is 0 Å². The second-order valence-corrected chi connectivity index (χ2v) is 5.57. The highest BCUT2D eigenvalue weighted by molar-refractivity contribution is 5.28. The summed E-state index contributed by atoms with van der Waals surface area (Å²) in [4.78, 5) is 5.15. The van der Waals surface area contributed by atoms with Crippen LogP contribution in [0, 0.1) is 13.8 Å². The van der Waals surface area contributed by atoms with Gasteiger partial charge in [-0.2, -0.15) is 5.10 Å². The Morgan fingerprint density at radius 1 is 1.32 bits per heavy atom. The highest BCUT2D eigenvalue weighted by Crippen LogP contribution is 2.34. The lowest BCUT2D eigenvalue weighted by Crippen LogP contribution is -2.35. The number of likely N-dealkylation sites (tertiary alicyclic amines) is 1. The van der Waals surface area contributed by atoms with Crippen molar-refractivity contribution < 1.29 is 0 Å². The van der Waals surface area contributed by atoms with Crippen LogP contribution in [-0.2, 0) is 0 Å². The number of likely N-dealkylation sites (N-methyl/N-ethyl adjacent to an activating group) is 1. The highest BCUT2D eigenvalue weighted by Gasteiger charge is 2.29. The number of H-pyrrole nitrogens is 1. The van der Waals surface area contributed by atoms with Crippen molar-refractivity contribution in [3.8, 4) is 0 Å². The maximum Gasteiger partial charge on any atom is 0.0641 e. The van der Waals surface area contributed by atoms with Crippen LogP contribution < -0.4 is 0 Å². The van der Waals surface area contributed by atoms with Gasteiger partial charge >= 0.3 is 0 Å². The van der Waals surface area contributed by atoms with Gasteiger partial charge in [-0.15, -0.1) is 0 Å². The Labute approximate surface area is 117 Å². The molecule has 1 aromatic heterocycles. The molecule has 0 spiro atoms. The minimum atomic E-state index is 0.578. The largest absolute Gasteiger partial charge is 0.303 e. The molecule has 0 bridgehead atoms. The summed E-state index contributed by atoms with van der Waals surface area (Å²) < 4.78 is 0. The van der Waals surface area contributed by atoms with Gasteiger partial charge in [0, 0.05) is 30.4 Å². The first-order valence-corrected chi connectivity index (χ1v) is 7.65. The van der Waals surface area contributed by atoms with Crippen molar-refractivity contribution in [2.45, 2.75) is 46.6 Å². The second-order valence-electron chi connectivity index (χ2n) is 5.57. The lowest BCUT2D eigenvalue weighted by Gasteiger charge is -2.28. The van der Waals surface area contributed by atoms with Crippen LogP contribution in [0.3, 0.4) is 0 Å². The Kier molecular flexibility index (Phi) is 4.99. The minimum Gasteiger partial charge on any atom is -0.303 e. The van der Waals surface area contributed by atoms with Crippen LogP contribution in [0.25, 0.3) is 0 Å². The summed E-state index contributed by atoms with van der Waals surface area (Å²) in [5.74, 6) is 0. The summed E-state index contributed by atoms with van der Waals surface area (Å²) in [5, 5.41) is 7.50. The van der Waals surface area contributed by atoms with Crippen molar-refractivity contribution in [1.29, 1.82) is 0 Å². The van der Waals surface area contributed by atoms with Crippen molar-refractivity contribution in [3.05, 3.63) is 17.0 Å². The average molecular weight is 264 g/mol. The maximum absolute atomic E-state index is 4.36. The molecule has 1 aromatic rings. The molecule has 2 heterocycles. The van der Waals surface area contributed by atoms with E-state index in [0.29, 0.717) is 6.04 Å². The molecule has 4 heteroatoms. The Hall–Kier alpha value is -0.870. The molecule has 1 aliphatic rings. The molecule has 0 aliphatic carbocycles. The van der Waals surface area contributed by atoms with E-state index in [-0.39, 0.29) is 0 Å². The zero-order valence-corrected chi connectivity index (χ0v) is 12.9. The predicted molar refractivity (Wildman–Crippen MR) is 79.4 cm³/mol. The molecule has 19 heavy (non-hydrogen) atoms. The van der Waals surface area contributed by atoms with E-state index in [2.05, 4.69) is 47.7 Å². The first-order valence-electron chi connectivity index (χ1n) is 7.65. The standard InChI is InChI=1S/C15H28N4/c1-5-18(6-2)10-11-19-9-7-8-14(19)15-12(3)16-17-13(15)4/h14H,5-11H2,1-4H3,(H,16,17)/t14-/m0/s1. The van der Waals surface area contributed by atoms with Gasteiger partial charge in [0.05, 0.1) is 5.69 Å². The van der Waals surface area contributed by atoms with Crippen LogP contribution in [-0.4, -0.2) is 52.7 Å². The zero-order valence-electron chi connectivity index (χ0n) is 12.9. The Morgan fingerprint density at radius 3 is 2.63 bits per heavy atom. The third-order valence-electron chi connectivity index (χ3n) is 4.48. The van der Waals surface area contributed by atoms with Crippen LogP contribution in [0.5, 0.6) is 0 Å². The summed E-state index contributed by atoms with van der Waals surface area (Å²) in [7, 11) is 0. The highest BCUT2D eigenvalue weighted by atomic mass is 15.2. The predicted octanol–water partition coefficient (Wildman–Crippen LogP) is 2.51. The Bertz CT molecular complexity index is 375. The van der Waals surface area contributed by atoms with Gasteiger partial charge in [-0.05, 0) is 46.3 Å². The molecular weight excluding hydrogens is 236 g/mol. The van der Waals surface area contributed by atoms with Crippen LogP contribution in [0.1, 0.15) is 49.7 Å². The van der Waals surface area contributed by atoms with Gasteiger partial charge in [-0.3, -0.25) is 10.00 Å². The molecule has 1 fully saturated rings. The van der Waals surface area contributed by atoms with Crippen molar-refractivity contribution in [2.24, 2.45) is 0 Å². The molecule has 0 unspecified atom stereocenters. The number of hydrogen-bond donors (Lipinski definition) is 1. The lowest BCUT2D eigenvalue weighted by molar-refractivity contribution is 0.202. The van der Waals surface area contributed by atoms with Crippen LogP contribution in [0.2, 0.25) is 0 Å². The fraction of sp³-hybridized carbons (Fsp3) is 0.800. The monoisotopic (exact) mass is 264 g/mol. The minimum absolute atomic E-state index is 0.578. The molecule has 1 N–H and O–H groups in total. The summed E-state index contributed by atoms with van der Waals surface area (Å²) >= 11 is 0. The number of hydrogen-bond acceptors (Lipinski definition) is 3. The fourth-order valence-corrected chi connectivity index (χ4v) is 3.28. The van der Waals surface area contributed by atoms with E-state index < -0.39 is 0 Å². The fourth-order valence-electron chi connectivity index (χ4n) is 3.28. The molecule has 1 atom stereocenters.